The second-order valence-corrected chi connectivity index (χ2v) is 22.2. The maximum Gasteiger partial charge on any atom is 0.501 e. The predicted octanol–water partition coefficient (Wildman–Crippen LogP) is 8.37. The number of nitrogens with zero attached hydrogens (tertiary/aromatic N) is 2. The summed E-state index contributed by atoms with van der Waals surface area (Å²) < 4.78 is 113. The van der Waals surface area contributed by atoms with Gasteiger partial charge in [0.2, 0.25) is 0 Å². The molecule has 2 atom stereocenters. The van der Waals surface area contributed by atoms with Crippen LogP contribution in [-0.2, 0) is 28.9 Å². The SMILES string of the molecule is CN(CCOP(=O)(O)O)CC[C@H](CSc1ccccc1)Nc1ccc(S(=O)(=O)NC(=O)c2ccc(N3CCC(C(O)c4ccccc4-c4ccc(Cl)cc4)CC3)cc2)cc1S(=O)(=O)C(F)(F)F. The highest BCUT2D eigenvalue weighted by molar-refractivity contribution is 7.99. The highest BCUT2D eigenvalue weighted by Crippen LogP contribution is 2.39. The molecule has 1 amide bonds. The molecule has 0 radical (unpaired) electrons. The minimum Gasteiger partial charge on any atom is -0.388 e. The van der Waals surface area contributed by atoms with E-state index in [4.69, 9.17) is 21.4 Å². The van der Waals surface area contributed by atoms with Crippen LogP contribution in [0.15, 0.2) is 136 Å². The van der Waals surface area contributed by atoms with E-state index in [-0.39, 0.29) is 43.4 Å². The summed E-state index contributed by atoms with van der Waals surface area (Å²) in [5, 5.41) is 15.0. The summed E-state index contributed by atoms with van der Waals surface area (Å²) in [6, 6.07) is 31.5. The van der Waals surface area contributed by atoms with Crippen molar-refractivity contribution in [1.82, 2.24) is 9.62 Å². The van der Waals surface area contributed by atoms with Crippen LogP contribution in [-0.4, -0.2) is 99.7 Å². The van der Waals surface area contributed by atoms with E-state index in [0.717, 1.165) is 39.4 Å². The number of piperidine rings is 1. The van der Waals surface area contributed by atoms with Crippen LogP contribution in [0, 0.1) is 5.92 Å². The van der Waals surface area contributed by atoms with Gasteiger partial charge in [-0.15, -0.1) is 11.8 Å². The summed E-state index contributed by atoms with van der Waals surface area (Å²) >= 11 is 7.41. The number of aliphatic hydroxyl groups is 1. The summed E-state index contributed by atoms with van der Waals surface area (Å²) in [4.78, 5) is 33.5. The van der Waals surface area contributed by atoms with Gasteiger partial charge >= 0.3 is 13.3 Å². The van der Waals surface area contributed by atoms with Crippen molar-refractivity contribution >= 4 is 68.3 Å². The lowest BCUT2D eigenvalue weighted by atomic mass is 9.84. The van der Waals surface area contributed by atoms with E-state index in [0.29, 0.717) is 37.0 Å². The molecule has 5 N–H and O–H groups in total. The van der Waals surface area contributed by atoms with Gasteiger partial charge < -0.3 is 30.0 Å². The van der Waals surface area contributed by atoms with E-state index in [1.54, 1.807) is 66.5 Å². The molecule has 360 valence electrons. The van der Waals surface area contributed by atoms with E-state index in [1.807, 2.05) is 41.1 Å². The third-order valence-corrected chi connectivity index (χ3v) is 15.9. The smallest absolute Gasteiger partial charge is 0.388 e. The molecule has 1 heterocycles. The molecule has 1 aliphatic heterocycles. The quantitative estimate of drug-likeness (QED) is 0.0368. The number of nitrogens with one attached hydrogen (secondary N) is 2. The number of thioether (sulfide) groups is 1. The number of carbonyl (C=O) groups excluding carboxylic acids is 1. The molecule has 1 unspecified atom stereocenters. The number of hydrogen-bond donors (Lipinski definition) is 5. The molecule has 14 nitrogen and oxygen atoms in total. The number of aliphatic hydroxyl groups excluding tert-OH is 1. The molecular weight excluding hydrogens is 976 g/mol. The standard InChI is InChI=1S/C45H49ClF3N4O10PS3/c1-52(27-28-63-64(56,57)58)24-23-35(30-65-37-7-3-2-4-8-37)50-41-20-19-38(29-42(41)66(59,60)45(47,48)49)67(61,62)51-44(55)33-13-17-36(18-14-33)53-25-21-32(22-26-53)43(54)40-10-6-5-9-39(40)31-11-15-34(46)16-12-31/h2-20,29,32,35,43,50,54H,21-28,30H2,1H3,(H,51,55)(H2,56,57,58)/t35-,43?/m1/s1. The third-order valence-electron chi connectivity index (χ3n) is 11.1. The maximum absolute atomic E-state index is 14.2. The minimum absolute atomic E-state index is 0.0407. The number of phosphoric acid groups is 1. The Hall–Kier alpha value is -4.47. The van der Waals surface area contributed by atoms with Gasteiger partial charge in [-0.1, -0.05) is 66.2 Å². The fraction of sp³-hybridized carbons (Fsp3) is 0.311. The summed E-state index contributed by atoms with van der Waals surface area (Å²) in [5.41, 5.74) is -3.06. The Morgan fingerprint density at radius 2 is 1.55 bits per heavy atom. The van der Waals surface area contributed by atoms with E-state index < -0.39 is 66.7 Å². The second kappa shape index (κ2) is 22.3. The fourth-order valence-electron chi connectivity index (χ4n) is 7.51. The lowest BCUT2D eigenvalue weighted by Crippen LogP contribution is -2.36. The molecular formula is C45H49ClF3N4O10PS3. The Labute approximate surface area is 396 Å². The van der Waals surface area contributed by atoms with Crippen molar-refractivity contribution < 1.29 is 58.8 Å². The maximum atomic E-state index is 14.2. The molecule has 22 heteroatoms. The number of likely N-dealkylation sites (N-methyl/N-ethyl adjacent to an activating group) is 1. The van der Waals surface area contributed by atoms with Crippen molar-refractivity contribution in [3.63, 3.8) is 0 Å². The number of carbonyl (C=O) groups is 1. The molecule has 0 spiro atoms. The van der Waals surface area contributed by atoms with Crippen LogP contribution in [0.5, 0.6) is 0 Å². The van der Waals surface area contributed by atoms with Gasteiger partial charge in [-0.05, 0) is 122 Å². The first-order chi connectivity index (χ1) is 31.6. The molecule has 1 fully saturated rings. The van der Waals surface area contributed by atoms with E-state index in [9.17, 15) is 44.5 Å². The van der Waals surface area contributed by atoms with Crippen molar-refractivity contribution in [2.45, 2.75) is 51.6 Å². The van der Waals surface area contributed by atoms with Gasteiger partial charge in [-0.3, -0.25) is 9.32 Å². The first-order valence-corrected chi connectivity index (χ1v) is 26.7. The predicted molar refractivity (Wildman–Crippen MR) is 252 cm³/mol. The molecule has 5 aromatic rings. The number of anilines is 2. The Bertz CT molecular complexity index is 2750. The van der Waals surface area contributed by atoms with Gasteiger partial charge in [0.25, 0.3) is 25.8 Å². The Morgan fingerprint density at radius 1 is 0.910 bits per heavy atom. The van der Waals surface area contributed by atoms with Gasteiger partial charge in [0, 0.05) is 52.6 Å². The van der Waals surface area contributed by atoms with Gasteiger partial charge in [0.15, 0.2) is 0 Å². The molecule has 6 rings (SSSR count). The van der Waals surface area contributed by atoms with Crippen LogP contribution < -0.4 is 14.9 Å². The Balaban J connectivity index is 1.13. The fourth-order valence-corrected chi connectivity index (χ4v) is 11.0. The van der Waals surface area contributed by atoms with E-state index >= 15 is 0 Å². The van der Waals surface area contributed by atoms with Crippen molar-refractivity contribution in [2.24, 2.45) is 5.92 Å². The van der Waals surface area contributed by atoms with Crippen molar-refractivity contribution in [2.75, 3.05) is 55.8 Å². The first kappa shape index (κ1) is 51.9. The number of sulfone groups is 1. The van der Waals surface area contributed by atoms with E-state index in [2.05, 4.69) is 14.7 Å². The number of sulfonamides is 1. The zero-order valence-corrected chi connectivity index (χ0v) is 40.0. The molecule has 0 bridgehead atoms. The molecule has 0 saturated carbocycles. The van der Waals surface area contributed by atoms with Gasteiger partial charge in [0.05, 0.1) is 23.3 Å². The van der Waals surface area contributed by atoms with E-state index in [1.165, 1.54) is 23.9 Å². The highest BCUT2D eigenvalue weighted by Gasteiger charge is 2.48. The lowest BCUT2D eigenvalue weighted by molar-refractivity contribution is -0.0436. The number of alkyl halides is 3. The minimum atomic E-state index is -6.16. The Kier molecular flexibility index (Phi) is 17.3. The third kappa shape index (κ3) is 14.1. The molecule has 0 aliphatic carbocycles. The monoisotopic (exact) mass is 1020 g/mol. The normalized spacial score (nSPS) is 15.0. The summed E-state index contributed by atoms with van der Waals surface area (Å²) in [5.74, 6) is -0.941. The molecule has 67 heavy (non-hydrogen) atoms. The van der Waals surface area contributed by atoms with Crippen molar-refractivity contribution in [3.8, 4) is 11.1 Å². The highest BCUT2D eigenvalue weighted by atomic mass is 35.5. The molecule has 5 aromatic carbocycles. The topological polar surface area (TPSA) is 203 Å². The summed E-state index contributed by atoms with van der Waals surface area (Å²) in [7, 11) is -14.2. The number of rotatable bonds is 20. The van der Waals surface area contributed by atoms with Crippen molar-refractivity contribution in [1.29, 1.82) is 0 Å². The first-order valence-electron chi connectivity index (χ1n) is 20.8. The van der Waals surface area contributed by atoms with Crippen LogP contribution in [0.25, 0.3) is 11.1 Å². The average molecular weight is 1030 g/mol. The van der Waals surface area contributed by atoms with Crippen LogP contribution in [0.4, 0.5) is 24.5 Å². The van der Waals surface area contributed by atoms with Crippen LogP contribution in [0.2, 0.25) is 5.02 Å². The Morgan fingerprint density at radius 3 is 2.19 bits per heavy atom. The zero-order valence-electron chi connectivity index (χ0n) is 35.9. The molecule has 1 aliphatic rings. The summed E-state index contributed by atoms with van der Waals surface area (Å²) in [6.45, 7) is 1.15. The van der Waals surface area contributed by atoms with Gasteiger partial charge in [0.1, 0.15) is 4.90 Å². The number of amides is 1. The molecule has 1 saturated heterocycles. The van der Waals surface area contributed by atoms with Crippen molar-refractivity contribution in [3.05, 3.63) is 137 Å². The number of halogens is 4. The van der Waals surface area contributed by atoms with Crippen LogP contribution >= 0.6 is 31.2 Å². The summed E-state index contributed by atoms with van der Waals surface area (Å²) in [6.07, 6.45) is 0.773. The molecule has 0 aromatic heterocycles. The largest absolute Gasteiger partial charge is 0.501 e. The average Bonchev–Trinajstić information content (AvgIpc) is 3.29. The second-order valence-electron chi connectivity index (χ2n) is 15.8. The number of benzene rings is 5. The van der Waals surface area contributed by atoms with Crippen LogP contribution in [0.3, 0.4) is 0 Å². The lowest BCUT2D eigenvalue weighted by Gasteiger charge is -2.36. The van der Waals surface area contributed by atoms with Gasteiger partial charge in [-0.25, -0.2) is 26.1 Å². The zero-order chi connectivity index (χ0) is 48.6. The van der Waals surface area contributed by atoms with Gasteiger partial charge in [-0.2, -0.15) is 13.2 Å². The van der Waals surface area contributed by atoms with Crippen LogP contribution in [0.1, 0.15) is 41.3 Å². The number of hydrogen-bond acceptors (Lipinski definition) is 12. The number of phosphoric ester groups is 1.